The van der Waals surface area contributed by atoms with Gasteiger partial charge in [0.2, 0.25) is 5.91 Å². The van der Waals surface area contributed by atoms with E-state index in [1.54, 1.807) is 0 Å². The molecule has 1 N–H and O–H groups in total. The molecule has 0 fully saturated rings. The standard InChI is InChI=1S/C20H17BrClN3O/c21-15-6-4-13(5-7-15)10-19(26)25-9-8-18-17(12-25)20(24-23-18)14-2-1-3-16(22)11-14/h1-7,11H,8-10,12H2,(H,23,24). The smallest absolute Gasteiger partial charge is 0.227 e. The summed E-state index contributed by atoms with van der Waals surface area (Å²) in [5.74, 6) is 0.135. The Balaban J connectivity index is 1.54. The van der Waals surface area contributed by atoms with Gasteiger partial charge in [0.05, 0.1) is 12.1 Å². The van der Waals surface area contributed by atoms with E-state index in [1.807, 2.05) is 53.4 Å². The molecule has 0 saturated heterocycles. The number of aromatic amines is 1. The highest BCUT2D eigenvalue weighted by molar-refractivity contribution is 9.10. The molecule has 0 bridgehead atoms. The van der Waals surface area contributed by atoms with E-state index in [-0.39, 0.29) is 5.91 Å². The molecule has 26 heavy (non-hydrogen) atoms. The number of amides is 1. The van der Waals surface area contributed by atoms with Gasteiger partial charge in [-0.25, -0.2) is 0 Å². The Morgan fingerprint density at radius 1 is 1.23 bits per heavy atom. The largest absolute Gasteiger partial charge is 0.338 e. The lowest BCUT2D eigenvalue weighted by Gasteiger charge is -2.27. The maximum absolute atomic E-state index is 12.7. The number of halogens is 2. The van der Waals surface area contributed by atoms with E-state index >= 15 is 0 Å². The summed E-state index contributed by atoms with van der Waals surface area (Å²) < 4.78 is 1.01. The summed E-state index contributed by atoms with van der Waals surface area (Å²) in [6.45, 7) is 1.28. The van der Waals surface area contributed by atoms with Crippen LogP contribution in [0.3, 0.4) is 0 Å². The van der Waals surface area contributed by atoms with Crippen molar-refractivity contribution in [3.05, 3.63) is 74.8 Å². The van der Waals surface area contributed by atoms with Crippen molar-refractivity contribution in [2.24, 2.45) is 0 Å². The van der Waals surface area contributed by atoms with Gasteiger partial charge in [-0.1, -0.05) is 51.8 Å². The number of hydrogen-bond acceptors (Lipinski definition) is 2. The van der Waals surface area contributed by atoms with Gasteiger partial charge in [0.25, 0.3) is 0 Å². The molecule has 1 aliphatic rings. The van der Waals surface area contributed by atoms with Crippen LogP contribution in [-0.4, -0.2) is 27.5 Å². The van der Waals surface area contributed by atoms with Crippen LogP contribution in [0.15, 0.2) is 53.0 Å². The van der Waals surface area contributed by atoms with E-state index in [9.17, 15) is 4.79 Å². The molecule has 2 heterocycles. The summed E-state index contributed by atoms with van der Waals surface area (Å²) in [6.07, 6.45) is 1.20. The van der Waals surface area contributed by atoms with Crippen molar-refractivity contribution >= 4 is 33.4 Å². The van der Waals surface area contributed by atoms with Crippen molar-refractivity contribution in [2.45, 2.75) is 19.4 Å². The Kier molecular flexibility index (Phi) is 4.83. The van der Waals surface area contributed by atoms with Gasteiger partial charge in [0.1, 0.15) is 0 Å². The van der Waals surface area contributed by atoms with Crippen LogP contribution in [0.2, 0.25) is 5.02 Å². The molecule has 6 heteroatoms. The number of carbonyl (C=O) groups is 1. The Hall–Kier alpha value is -2.11. The van der Waals surface area contributed by atoms with E-state index < -0.39 is 0 Å². The summed E-state index contributed by atoms with van der Waals surface area (Å²) in [5.41, 5.74) is 5.06. The third-order valence-corrected chi connectivity index (χ3v) is 5.42. The van der Waals surface area contributed by atoms with Gasteiger partial charge >= 0.3 is 0 Å². The van der Waals surface area contributed by atoms with Crippen LogP contribution in [0.4, 0.5) is 0 Å². The maximum Gasteiger partial charge on any atom is 0.227 e. The summed E-state index contributed by atoms with van der Waals surface area (Å²) in [4.78, 5) is 14.7. The van der Waals surface area contributed by atoms with E-state index in [2.05, 4.69) is 26.1 Å². The normalized spacial score (nSPS) is 13.5. The van der Waals surface area contributed by atoms with E-state index in [0.29, 0.717) is 24.5 Å². The molecule has 0 unspecified atom stereocenters. The average molecular weight is 431 g/mol. The van der Waals surface area contributed by atoms with Crippen molar-refractivity contribution in [3.63, 3.8) is 0 Å². The molecule has 2 aromatic carbocycles. The Morgan fingerprint density at radius 2 is 2.04 bits per heavy atom. The van der Waals surface area contributed by atoms with Gasteiger partial charge < -0.3 is 4.90 Å². The number of carbonyl (C=O) groups excluding carboxylic acids is 1. The molecule has 0 aliphatic carbocycles. The average Bonchev–Trinajstić information content (AvgIpc) is 3.07. The second kappa shape index (κ2) is 7.25. The number of benzene rings is 2. The summed E-state index contributed by atoms with van der Waals surface area (Å²) >= 11 is 9.54. The lowest BCUT2D eigenvalue weighted by atomic mass is 10.0. The highest BCUT2D eigenvalue weighted by Crippen LogP contribution is 2.30. The fourth-order valence-electron chi connectivity index (χ4n) is 3.27. The molecule has 4 rings (SSSR count). The van der Waals surface area contributed by atoms with Crippen LogP contribution < -0.4 is 0 Å². The zero-order valence-electron chi connectivity index (χ0n) is 14.0. The summed E-state index contributed by atoms with van der Waals surface area (Å²) in [7, 11) is 0. The van der Waals surface area contributed by atoms with Crippen molar-refractivity contribution in [1.82, 2.24) is 15.1 Å². The summed E-state index contributed by atoms with van der Waals surface area (Å²) in [6, 6.07) is 15.5. The van der Waals surface area contributed by atoms with Crippen LogP contribution in [0, 0.1) is 0 Å². The topological polar surface area (TPSA) is 49.0 Å². The fraction of sp³-hybridized carbons (Fsp3) is 0.200. The van der Waals surface area contributed by atoms with Crippen molar-refractivity contribution < 1.29 is 4.79 Å². The number of aromatic nitrogens is 2. The minimum Gasteiger partial charge on any atom is -0.338 e. The van der Waals surface area contributed by atoms with Crippen LogP contribution in [0.5, 0.6) is 0 Å². The number of fused-ring (bicyclic) bond motifs is 1. The fourth-order valence-corrected chi connectivity index (χ4v) is 3.73. The molecule has 1 amide bonds. The molecule has 0 spiro atoms. The number of hydrogen-bond donors (Lipinski definition) is 1. The van der Waals surface area contributed by atoms with Crippen LogP contribution in [0.25, 0.3) is 11.3 Å². The molecule has 0 saturated carbocycles. The van der Waals surface area contributed by atoms with Gasteiger partial charge in [-0.2, -0.15) is 5.10 Å². The van der Waals surface area contributed by atoms with Crippen LogP contribution in [-0.2, 0) is 24.2 Å². The first-order valence-corrected chi connectivity index (χ1v) is 9.61. The van der Waals surface area contributed by atoms with Gasteiger partial charge in [-0.3, -0.25) is 9.89 Å². The first kappa shape index (κ1) is 17.3. The first-order chi connectivity index (χ1) is 12.6. The maximum atomic E-state index is 12.7. The van der Waals surface area contributed by atoms with Gasteiger partial charge in [0.15, 0.2) is 0 Å². The van der Waals surface area contributed by atoms with Gasteiger partial charge in [-0.15, -0.1) is 0 Å². The van der Waals surface area contributed by atoms with Crippen molar-refractivity contribution in [1.29, 1.82) is 0 Å². The molecule has 0 radical (unpaired) electrons. The van der Waals surface area contributed by atoms with E-state index in [1.165, 1.54) is 0 Å². The molecular formula is C20H17BrClN3O. The van der Waals surface area contributed by atoms with Crippen LogP contribution >= 0.6 is 27.5 Å². The number of H-pyrrole nitrogens is 1. The second-order valence-corrected chi connectivity index (χ2v) is 7.76. The molecule has 1 aromatic heterocycles. The SMILES string of the molecule is O=C(Cc1ccc(Br)cc1)N1CCc2[nH]nc(-c3cccc(Cl)c3)c2C1. The Labute approximate surface area is 165 Å². The molecule has 4 nitrogen and oxygen atoms in total. The Morgan fingerprint density at radius 3 is 2.81 bits per heavy atom. The number of rotatable bonds is 3. The first-order valence-electron chi connectivity index (χ1n) is 8.44. The highest BCUT2D eigenvalue weighted by atomic mass is 79.9. The zero-order valence-corrected chi connectivity index (χ0v) is 16.3. The lowest BCUT2D eigenvalue weighted by molar-refractivity contribution is -0.131. The molecule has 3 aromatic rings. The quantitative estimate of drug-likeness (QED) is 0.659. The predicted octanol–water partition coefficient (Wildman–Crippen LogP) is 4.62. The molecule has 1 aliphatic heterocycles. The second-order valence-electron chi connectivity index (χ2n) is 6.41. The minimum absolute atomic E-state index is 0.135. The van der Waals surface area contributed by atoms with Gasteiger partial charge in [-0.05, 0) is 29.8 Å². The third kappa shape index (κ3) is 3.55. The summed E-state index contributed by atoms with van der Waals surface area (Å²) in [5, 5.41) is 8.27. The van der Waals surface area contributed by atoms with Crippen LogP contribution in [0.1, 0.15) is 16.8 Å². The highest BCUT2D eigenvalue weighted by Gasteiger charge is 2.25. The predicted molar refractivity (Wildman–Crippen MR) is 106 cm³/mol. The Bertz CT molecular complexity index is 952. The lowest BCUT2D eigenvalue weighted by Crippen LogP contribution is -2.36. The molecule has 132 valence electrons. The van der Waals surface area contributed by atoms with E-state index in [0.717, 1.165) is 39.0 Å². The number of nitrogens with zero attached hydrogens (tertiary/aromatic N) is 2. The van der Waals surface area contributed by atoms with Crippen molar-refractivity contribution in [3.8, 4) is 11.3 Å². The van der Waals surface area contributed by atoms with Crippen molar-refractivity contribution in [2.75, 3.05) is 6.54 Å². The van der Waals surface area contributed by atoms with E-state index in [4.69, 9.17) is 11.6 Å². The zero-order chi connectivity index (χ0) is 18.1. The molecular weight excluding hydrogens is 414 g/mol. The number of nitrogens with one attached hydrogen (secondary N) is 1. The minimum atomic E-state index is 0.135. The van der Waals surface area contributed by atoms with Gasteiger partial charge in [0, 0.05) is 45.8 Å². The monoisotopic (exact) mass is 429 g/mol. The molecule has 0 atom stereocenters. The third-order valence-electron chi connectivity index (χ3n) is 4.65.